The highest BCUT2D eigenvalue weighted by molar-refractivity contribution is 5.85. The second-order valence-corrected chi connectivity index (χ2v) is 9.35. The minimum absolute atomic E-state index is 0. The third kappa shape index (κ3) is 9.93. The lowest BCUT2D eigenvalue weighted by Crippen LogP contribution is -2.48. The summed E-state index contributed by atoms with van der Waals surface area (Å²) >= 11 is 0. The van der Waals surface area contributed by atoms with Crippen LogP contribution in [0, 0.1) is 0 Å². The maximum Gasteiger partial charge on any atom is 0.573 e. The van der Waals surface area contributed by atoms with Crippen molar-refractivity contribution in [1.82, 2.24) is 10.2 Å². The minimum Gasteiger partial charge on any atom is -0.496 e. The number of unbranched alkanes of at least 4 members (excludes halogenated alkanes) is 1. The van der Waals surface area contributed by atoms with E-state index in [4.69, 9.17) is 14.2 Å². The zero-order valence-corrected chi connectivity index (χ0v) is 23.2. The van der Waals surface area contributed by atoms with Crippen LogP contribution in [-0.2, 0) is 16.0 Å². The Morgan fingerprint density at radius 2 is 1.82 bits per heavy atom. The fraction of sp³-hybridized carbons (Fsp3) is 0.571. The molecule has 2 aromatic rings. The molecule has 1 heterocycles. The Morgan fingerprint density at radius 1 is 1.05 bits per heavy atom. The van der Waals surface area contributed by atoms with Gasteiger partial charge in [-0.3, -0.25) is 4.90 Å². The fourth-order valence-electron chi connectivity index (χ4n) is 5.10. The molecule has 38 heavy (non-hydrogen) atoms. The first-order chi connectivity index (χ1) is 17.8. The number of likely N-dealkylation sites (tertiary alicyclic amines) is 1. The van der Waals surface area contributed by atoms with Crippen LogP contribution in [0.3, 0.4) is 0 Å². The van der Waals surface area contributed by atoms with Gasteiger partial charge in [0, 0.05) is 32.4 Å². The maximum absolute atomic E-state index is 12.8. The van der Waals surface area contributed by atoms with Gasteiger partial charge < -0.3 is 24.3 Å². The number of rotatable bonds is 14. The van der Waals surface area contributed by atoms with Crippen LogP contribution >= 0.6 is 12.4 Å². The average molecular weight is 561 g/mol. The van der Waals surface area contributed by atoms with Gasteiger partial charge in [0.2, 0.25) is 0 Å². The number of alkyl halides is 3. The van der Waals surface area contributed by atoms with Crippen LogP contribution in [0.2, 0.25) is 0 Å². The quantitative estimate of drug-likeness (QED) is 0.280. The van der Waals surface area contributed by atoms with Crippen LogP contribution in [0.4, 0.5) is 13.2 Å². The second kappa shape index (κ2) is 16.2. The molecule has 2 aromatic carbocycles. The number of halogens is 4. The molecule has 0 radical (unpaired) electrons. The summed E-state index contributed by atoms with van der Waals surface area (Å²) in [6.07, 6.45) is 0.417. The Hall–Kier alpha value is -2.04. The van der Waals surface area contributed by atoms with Crippen molar-refractivity contribution in [3.8, 4) is 11.5 Å². The standard InChI is InChI=1S/C28H39F3N2O4.ClH/c1-34-20-24(35-2)12-7-8-16-33-17-9-13-25(27(33)21-10-5-4-6-11-21)32-19-22-18-23(37-28(29,30)31)14-15-26(22)36-3;/h4-6,10-11,14-15,18,24-25,27,32H,7-9,12-13,16-17,19-20H2,1-3H3;1H/t24?,25-,27-;/m0./s1. The van der Waals surface area contributed by atoms with E-state index in [1.807, 2.05) is 18.2 Å². The number of ether oxygens (including phenoxy) is 4. The third-order valence-electron chi connectivity index (χ3n) is 6.82. The summed E-state index contributed by atoms with van der Waals surface area (Å²) in [5.74, 6) is 0.271. The number of hydrogen-bond acceptors (Lipinski definition) is 6. The molecule has 6 nitrogen and oxygen atoms in total. The van der Waals surface area contributed by atoms with Gasteiger partial charge in [-0.15, -0.1) is 25.6 Å². The van der Waals surface area contributed by atoms with Gasteiger partial charge in [0.1, 0.15) is 11.5 Å². The third-order valence-corrected chi connectivity index (χ3v) is 6.82. The molecule has 1 N–H and O–H groups in total. The average Bonchev–Trinajstić information content (AvgIpc) is 2.89. The van der Waals surface area contributed by atoms with Crippen LogP contribution in [-0.4, -0.2) is 64.4 Å². The molecule has 0 aromatic heterocycles. The Kier molecular flexibility index (Phi) is 13.7. The van der Waals surface area contributed by atoms with Crippen molar-refractivity contribution in [1.29, 1.82) is 0 Å². The summed E-state index contributed by atoms with van der Waals surface area (Å²) in [4.78, 5) is 2.52. The number of benzene rings is 2. The fourth-order valence-corrected chi connectivity index (χ4v) is 5.10. The van der Waals surface area contributed by atoms with Crippen molar-refractivity contribution in [2.24, 2.45) is 0 Å². The lowest BCUT2D eigenvalue weighted by atomic mass is 9.89. The molecule has 0 saturated carbocycles. The molecule has 214 valence electrons. The van der Waals surface area contributed by atoms with E-state index in [1.54, 1.807) is 14.2 Å². The number of hydrogen-bond donors (Lipinski definition) is 1. The Bertz CT molecular complexity index is 936. The van der Waals surface area contributed by atoms with Gasteiger partial charge in [0.15, 0.2) is 0 Å². The molecule has 3 rings (SSSR count). The maximum atomic E-state index is 12.8. The van der Waals surface area contributed by atoms with Crippen LogP contribution in [0.1, 0.15) is 49.3 Å². The molecule has 1 unspecified atom stereocenters. The SMILES string of the molecule is COCC(CCCCN1CCC[C@H](NCc2cc(OC(F)(F)F)ccc2OC)[C@@H]1c1ccccc1)OC.Cl. The van der Waals surface area contributed by atoms with Gasteiger partial charge in [-0.2, -0.15) is 0 Å². The topological polar surface area (TPSA) is 52.2 Å². The van der Waals surface area contributed by atoms with Gasteiger partial charge in [-0.05, 0) is 69.0 Å². The lowest BCUT2D eigenvalue weighted by Gasteiger charge is -2.42. The van der Waals surface area contributed by atoms with Crippen LogP contribution < -0.4 is 14.8 Å². The second-order valence-electron chi connectivity index (χ2n) is 9.35. The summed E-state index contributed by atoms with van der Waals surface area (Å²) in [7, 11) is 4.92. The van der Waals surface area contributed by atoms with Gasteiger partial charge in [0.05, 0.1) is 25.9 Å². The summed E-state index contributed by atoms with van der Waals surface area (Å²) in [6, 6.07) is 14.9. The van der Waals surface area contributed by atoms with E-state index in [2.05, 4.69) is 27.1 Å². The van der Waals surface area contributed by atoms with E-state index in [9.17, 15) is 13.2 Å². The lowest BCUT2D eigenvalue weighted by molar-refractivity contribution is -0.274. The molecule has 1 aliphatic heterocycles. The van der Waals surface area contributed by atoms with Gasteiger partial charge in [0.25, 0.3) is 0 Å². The summed E-state index contributed by atoms with van der Waals surface area (Å²) < 4.78 is 58.5. The van der Waals surface area contributed by atoms with Crippen molar-refractivity contribution < 1.29 is 32.1 Å². The van der Waals surface area contributed by atoms with E-state index in [0.717, 1.165) is 45.2 Å². The van der Waals surface area contributed by atoms with E-state index < -0.39 is 6.36 Å². The zero-order valence-electron chi connectivity index (χ0n) is 22.3. The Labute approximate surface area is 230 Å². The number of nitrogens with zero attached hydrogens (tertiary/aromatic N) is 1. The molecular weight excluding hydrogens is 521 g/mol. The Balaban J connectivity index is 0.00000507. The molecule has 0 spiro atoms. The predicted molar refractivity (Wildman–Crippen MR) is 144 cm³/mol. The molecule has 0 bridgehead atoms. The van der Waals surface area contributed by atoms with E-state index in [1.165, 1.54) is 30.9 Å². The minimum atomic E-state index is -4.74. The number of nitrogens with one attached hydrogen (secondary N) is 1. The van der Waals surface area contributed by atoms with E-state index >= 15 is 0 Å². The first kappa shape index (κ1) is 32.2. The molecular formula is C28H40ClF3N2O4. The van der Waals surface area contributed by atoms with Crippen LogP contribution in [0.5, 0.6) is 11.5 Å². The van der Waals surface area contributed by atoms with E-state index in [-0.39, 0.29) is 36.3 Å². The van der Waals surface area contributed by atoms with Crippen molar-refractivity contribution in [3.63, 3.8) is 0 Å². The van der Waals surface area contributed by atoms with Crippen LogP contribution in [0.15, 0.2) is 48.5 Å². The highest BCUT2D eigenvalue weighted by Crippen LogP contribution is 2.33. The largest absolute Gasteiger partial charge is 0.573 e. The smallest absolute Gasteiger partial charge is 0.496 e. The molecule has 10 heteroatoms. The molecule has 1 saturated heterocycles. The van der Waals surface area contributed by atoms with Gasteiger partial charge in [-0.25, -0.2) is 0 Å². The highest BCUT2D eigenvalue weighted by atomic mass is 35.5. The molecule has 3 atom stereocenters. The molecule has 0 amide bonds. The van der Waals surface area contributed by atoms with Crippen molar-refractivity contribution in [2.45, 2.75) is 63.2 Å². The first-order valence-corrected chi connectivity index (χ1v) is 12.8. The summed E-state index contributed by atoms with van der Waals surface area (Å²) in [5, 5.41) is 3.62. The normalized spacial score (nSPS) is 19.0. The molecule has 1 fully saturated rings. The van der Waals surface area contributed by atoms with Crippen molar-refractivity contribution >= 4 is 12.4 Å². The predicted octanol–water partition coefficient (Wildman–Crippen LogP) is 6.14. The summed E-state index contributed by atoms with van der Waals surface area (Å²) in [5.41, 5.74) is 1.85. The van der Waals surface area contributed by atoms with Gasteiger partial charge in [-0.1, -0.05) is 30.3 Å². The Morgan fingerprint density at radius 3 is 2.47 bits per heavy atom. The van der Waals surface area contributed by atoms with Crippen LogP contribution in [0.25, 0.3) is 0 Å². The van der Waals surface area contributed by atoms with E-state index in [0.29, 0.717) is 24.5 Å². The van der Waals surface area contributed by atoms with Gasteiger partial charge >= 0.3 is 6.36 Å². The van der Waals surface area contributed by atoms with Crippen molar-refractivity contribution in [3.05, 3.63) is 59.7 Å². The van der Waals surface area contributed by atoms with Crippen molar-refractivity contribution in [2.75, 3.05) is 41.0 Å². The molecule has 0 aliphatic carbocycles. The first-order valence-electron chi connectivity index (χ1n) is 12.8. The molecule has 1 aliphatic rings. The number of piperidine rings is 1. The number of methoxy groups -OCH3 is 3. The zero-order chi connectivity index (χ0) is 26.7. The monoisotopic (exact) mass is 560 g/mol. The summed E-state index contributed by atoms with van der Waals surface area (Å²) in [6.45, 7) is 2.92. The highest BCUT2D eigenvalue weighted by Gasteiger charge is 2.33.